The van der Waals surface area contributed by atoms with Crippen LogP contribution in [-0.2, 0) is 32.2 Å². The third kappa shape index (κ3) is 9.68. The summed E-state index contributed by atoms with van der Waals surface area (Å²) in [5.74, 6) is -1.38. The summed E-state index contributed by atoms with van der Waals surface area (Å²) < 4.78 is 94.8. The van der Waals surface area contributed by atoms with Gasteiger partial charge in [-0.3, -0.25) is 4.68 Å². The number of aromatic nitrogens is 4. The molecule has 3 aromatic rings. The van der Waals surface area contributed by atoms with E-state index < -0.39 is 38.9 Å². The fourth-order valence-corrected chi connectivity index (χ4v) is 4.48. The van der Waals surface area contributed by atoms with Gasteiger partial charge in [0, 0.05) is 31.0 Å². The highest BCUT2D eigenvalue weighted by Crippen LogP contribution is 2.36. The molecular formula is C24H31F4N7O5S. The van der Waals surface area contributed by atoms with E-state index in [1.54, 1.807) is 0 Å². The van der Waals surface area contributed by atoms with E-state index in [0.717, 1.165) is 24.4 Å². The van der Waals surface area contributed by atoms with E-state index in [-0.39, 0.29) is 48.4 Å². The monoisotopic (exact) mass is 605 g/mol. The zero-order valence-electron chi connectivity index (χ0n) is 22.3. The molecule has 0 saturated heterocycles. The summed E-state index contributed by atoms with van der Waals surface area (Å²) in [5, 5.41) is 16.4. The number of aliphatic hydroxyl groups is 1. The van der Waals surface area contributed by atoms with Crippen molar-refractivity contribution in [2.45, 2.75) is 37.1 Å². The van der Waals surface area contributed by atoms with Gasteiger partial charge in [0.2, 0.25) is 16.0 Å². The van der Waals surface area contributed by atoms with Crippen LogP contribution in [0.25, 0.3) is 11.3 Å². The molecule has 2 aromatic heterocycles. The highest BCUT2D eigenvalue weighted by Gasteiger charge is 2.36. The number of nitrogens with one attached hydrogen (secondary N) is 2. The van der Waals surface area contributed by atoms with Gasteiger partial charge in [0.05, 0.1) is 61.0 Å². The third-order valence-electron chi connectivity index (χ3n) is 5.22. The van der Waals surface area contributed by atoms with Crippen molar-refractivity contribution in [3.05, 3.63) is 48.2 Å². The van der Waals surface area contributed by atoms with Crippen molar-refractivity contribution in [1.29, 1.82) is 0 Å². The maximum absolute atomic E-state index is 14.8. The smallest absolute Gasteiger partial charge is 0.389 e. The van der Waals surface area contributed by atoms with Crippen molar-refractivity contribution >= 4 is 21.7 Å². The Labute approximate surface area is 233 Å². The summed E-state index contributed by atoms with van der Waals surface area (Å²) in [4.78, 5) is 7.20. The minimum atomic E-state index is -4.80. The first-order valence-corrected chi connectivity index (χ1v) is 13.8. The van der Waals surface area contributed by atoms with Crippen LogP contribution in [0.15, 0.2) is 41.7 Å². The predicted octanol–water partition coefficient (Wildman–Crippen LogP) is 2.28. The van der Waals surface area contributed by atoms with Crippen LogP contribution in [-0.4, -0.2) is 78.4 Å². The maximum Gasteiger partial charge on any atom is 0.419 e. The lowest BCUT2D eigenvalue weighted by molar-refractivity contribution is -0.137. The Morgan fingerprint density at radius 3 is 2.44 bits per heavy atom. The first-order chi connectivity index (χ1) is 19.2. The minimum absolute atomic E-state index is 0.00734. The number of nitrogens with zero attached hydrogens (tertiary/aromatic N) is 4. The van der Waals surface area contributed by atoms with Crippen molar-refractivity contribution in [2.75, 3.05) is 44.8 Å². The number of rotatable bonds is 15. The van der Waals surface area contributed by atoms with E-state index in [9.17, 15) is 31.1 Å². The number of nitrogens with two attached hydrogens (primary N) is 1. The lowest BCUT2D eigenvalue weighted by atomic mass is 10.1. The number of hydrogen-bond acceptors (Lipinski definition) is 10. The van der Waals surface area contributed by atoms with Crippen LogP contribution < -0.4 is 15.8 Å². The zero-order chi connectivity index (χ0) is 30.3. The molecule has 0 saturated carbocycles. The minimum Gasteiger partial charge on any atom is -0.389 e. The van der Waals surface area contributed by atoms with Gasteiger partial charge in [-0.05, 0) is 32.0 Å². The van der Waals surface area contributed by atoms with Gasteiger partial charge in [-0.1, -0.05) is 0 Å². The van der Waals surface area contributed by atoms with Gasteiger partial charge in [-0.25, -0.2) is 27.5 Å². The van der Waals surface area contributed by atoms with Crippen LogP contribution in [0, 0.1) is 5.82 Å². The quantitative estimate of drug-likeness (QED) is 0.149. The summed E-state index contributed by atoms with van der Waals surface area (Å²) in [6.07, 6.45) is -1.82. The van der Waals surface area contributed by atoms with E-state index in [0.29, 0.717) is 26.0 Å². The van der Waals surface area contributed by atoms with E-state index in [1.807, 2.05) is 0 Å². The molecule has 0 aliphatic heterocycles. The molecule has 0 bridgehead atoms. The molecule has 0 aliphatic rings. The van der Waals surface area contributed by atoms with Crippen LogP contribution in [0.4, 0.5) is 29.2 Å². The van der Waals surface area contributed by atoms with Crippen molar-refractivity contribution in [3.8, 4) is 11.3 Å². The molecule has 3 rings (SSSR count). The highest BCUT2D eigenvalue weighted by atomic mass is 32.2. The Morgan fingerprint density at radius 2 is 1.80 bits per heavy atom. The summed E-state index contributed by atoms with van der Waals surface area (Å²) in [7, 11) is -4.08. The number of benzene rings is 1. The van der Waals surface area contributed by atoms with Crippen molar-refractivity contribution in [3.63, 3.8) is 0 Å². The van der Waals surface area contributed by atoms with Crippen LogP contribution in [0.5, 0.6) is 0 Å². The van der Waals surface area contributed by atoms with Crippen LogP contribution >= 0.6 is 0 Å². The SMILES string of the molecule is CC(C)(O)Cn1cc(-c2nc(Nc3ccc(S(=O)(=O)NCCOCCOCCN)cc3F)ncc2C(F)(F)F)cn1. The van der Waals surface area contributed by atoms with Crippen molar-refractivity contribution in [2.24, 2.45) is 5.73 Å². The predicted molar refractivity (Wildman–Crippen MR) is 140 cm³/mol. The second-order valence-electron chi connectivity index (χ2n) is 9.37. The number of halogens is 4. The Hall–Kier alpha value is -3.22. The van der Waals surface area contributed by atoms with Crippen LogP contribution in [0.3, 0.4) is 0 Å². The van der Waals surface area contributed by atoms with Crippen molar-refractivity contribution < 1.29 is 40.6 Å². The van der Waals surface area contributed by atoms with Crippen LogP contribution in [0.2, 0.25) is 0 Å². The Kier molecular flexibility index (Phi) is 10.7. The molecule has 0 amide bonds. The molecule has 12 nitrogen and oxygen atoms in total. The molecule has 0 aliphatic carbocycles. The third-order valence-corrected chi connectivity index (χ3v) is 6.68. The Morgan fingerprint density at radius 1 is 1.10 bits per heavy atom. The summed E-state index contributed by atoms with van der Waals surface area (Å²) >= 11 is 0. The highest BCUT2D eigenvalue weighted by molar-refractivity contribution is 7.89. The topological polar surface area (TPSA) is 167 Å². The Bertz CT molecular complexity index is 1410. The molecule has 0 unspecified atom stereocenters. The molecular weight excluding hydrogens is 574 g/mol. The molecule has 2 heterocycles. The first-order valence-electron chi connectivity index (χ1n) is 12.3. The number of alkyl halides is 3. The molecule has 0 spiro atoms. The summed E-state index contributed by atoms with van der Waals surface area (Å²) in [5.41, 5.74) is 2.17. The van der Waals surface area contributed by atoms with E-state index in [4.69, 9.17) is 15.2 Å². The molecule has 0 radical (unpaired) electrons. The lowest BCUT2D eigenvalue weighted by Crippen LogP contribution is -2.28. The average Bonchev–Trinajstić information content (AvgIpc) is 3.33. The largest absolute Gasteiger partial charge is 0.419 e. The van der Waals surface area contributed by atoms with Gasteiger partial charge in [0.15, 0.2) is 0 Å². The fraction of sp³-hybridized carbons (Fsp3) is 0.458. The molecule has 226 valence electrons. The van der Waals surface area contributed by atoms with E-state index >= 15 is 0 Å². The number of ether oxygens (including phenoxy) is 2. The number of sulfonamides is 1. The number of anilines is 2. The fourth-order valence-electron chi connectivity index (χ4n) is 3.46. The van der Waals surface area contributed by atoms with Gasteiger partial charge in [-0.2, -0.15) is 18.3 Å². The molecule has 0 fully saturated rings. The second kappa shape index (κ2) is 13.6. The molecule has 1 aromatic carbocycles. The van der Waals surface area contributed by atoms with Gasteiger partial charge >= 0.3 is 6.18 Å². The first kappa shape index (κ1) is 32.3. The van der Waals surface area contributed by atoms with Gasteiger partial charge in [0.1, 0.15) is 11.4 Å². The van der Waals surface area contributed by atoms with Gasteiger partial charge < -0.3 is 25.6 Å². The zero-order valence-corrected chi connectivity index (χ0v) is 23.1. The van der Waals surface area contributed by atoms with Crippen molar-refractivity contribution in [1.82, 2.24) is 24.5 Å². The van der Waals surface area contributed by atoms with Crippen LogP contribution in [0.1, 0.15) is 19.4 Å². The van der Waals surface area contributed by atoms with E-state index in [2.05, 4.69) is 25.1 Å². The molecule has 0 atom stereocenters. The molecule has 41 heavy (non-hydrogen) atoms. The van der Waals surface area contributed by atoms with Gasteiger partial charge in [-0.15, -0.1) is 0 Å². The Balaban J connectivity index is 1.73. The average molecular weight is 606 g/mol. The maximum atomic E-state index is 14.8. The molecule has 5 N–H and O–H groups in total. The normalized spacial score (nSPS) is 12.6. The molecule has 17 heteroatoms. The standard InChI is InChI=1S/C24H31F4N7O5S/c1-23(2,36)15-35-14-16(12-31-35)21-18(24(26,27)28)13-30-22(34-21)33-20-4-3-17(11-19(20)25)41(37,38)32-6-8-40-10-9-39-7-5-29/h3-4,11-14,32,36H,5-10,15,29H2,1-2H3,(H,30,33,34). The summed E-state index contributed by atoms with van der Waals surface area (Å²) in [6.45, 7) is 4.33. The second-order valence-corrected chi connectivity index (χ2v) is 11.1. The van der Waals surface area contributed by atoms with Gasteiger partial charge in [0.25, 0.3) is 0 Å². The summed E-state index contributed by atoms with van der Waals surface area (Å²) in [6, 6.07) is 2.95. The number of hydrogen-bond donors (Lipinski definition) is 4. The lowest BCUT2D eigenvalue weighted by Gasteiger charge is -2.16. The van der Waals surface area contributed by atoms with E-state index in [1.165, 1.54) is 24.7 Å².